The van der Waals surface area contributed by atoms with Gasteiger partial charge in [0.1, 0.15) is 6.61 Å². The van der Waals surface area contributed by atoms with E-state index in [1.807, 2.05) is 6.92 Å². The lowest BCUT2D eigenvalue weighted by atomic mass is 9.95. The van der Waals surface area contributed by atoms with Crippen molar-refractivity contribution in [3.05, 3.63) is 24.3 Å². The molecule has 3 heteroatoms. The fourth-order valence-electron chi connectivity index (χ4n) is 3.42. The van der Waals surface area contributed by atoms with Crippen LogP contribution in [0.3, 0.4) is 0 Å². The Kier molecular flexibility index (Phi) is 8.90. The van der Waals surface area contributed by atoms with Crippen LogP contribution in [0, 0.1) is 0 Å². The molecule has 2 rings (SSSR count). The molecule has 0 unspecified atom stereocenters. The molecule has 0 radical (unpaired) electrons. The Morgan fingerprint density at radius 3 is 2.35 bits per heavy atom. The highest BCUT2D eigenvalue weighted by molar-refractivity contribution is 5.74. The molecule has 0 spiro atoms. The molecule has 2 fully saturated rings. The van der Waals surface area contributed by atoms with Crippen molar-refractivity contribution in [3.8, 4) is 0 Å². The summed E-state index contributed by atoms with van der Waals surface area (Å²) < 4.78 is 5.96. The van der Waals surface area contributed by atoms with E-state index in [-0.39, 0.29) is 0 Å². The molecule has 0 bridgehead atoms. The highest BCUT2D eigenvalue weighted by Gasteiger charge is 2.18. The van der Waals surface area contributed by atoms with Crippen LogP contribution in [-0.4, -0.2) is 24.7 Å². The van der Waals surface area contributed by atoms with E-state index in [1.165, 1.54) is 64.2 Å². The third kappa shape index (κ3) is 7.71. The van der Waals surface area contributed by atoms with Crippen LogP contribution in [0.2, 0.25) is 0 Å². The van der Waals surface area contributed by atoms with Crippen molar-refractivity contribution in [3.63, 3.8) is 0 Å². The summed E-state index contributed by atoms with van der Waals surface area (Å²) in [5.74, 6) is 0. The van der Waals surface area contributed by atoms with Gasteiger partial charge in [-0.15, -0.1) is 0 Å². The second kappa shape index (κ2) is 11.3. The number of amidine groups is 1. The highest BCUT2D eigenvalue weighted by Crippen LogP contribution is 2.21. The first-order valence-corrected chi connectivity index (χ1v) is 9.62. The van der Waals surface area contributed by atoms with E-state index >= 15 is 0 Å². The van der Waals surface area contributed by atoms with Crippen molar-refractivity contribution in [2.24, 2.45) is 4.99 Å². The zero-order chi connectivity index (χ0) is 16.2. The average molecular weight is 319 g/mol. The minimum absolute atomic E-state index is 0.460. The predicted molar refractivity (Wildman–Crippen MR) is 98.8 cm³/mol. The highest BCUT2D eigenvalue weighted by atomic mass is 16.5. The standard InChI is InChI=1S/C20H34N2O/c1-2-3-4-5-12-17-23-20(21-18-13-8-6-9-14-18)22-19-15-10-7-11-16-19/h2-3,5,12,18-19H,4,6-11,13-17H2,1H3,(H,21,22)/b3-2+,12-5+. The lowest BCUT2D eigenvalue weighted by Crippen LogP contribution is -2.38. The molecule has 0 aliphatic heterocycles. The van der Waals surface area contributed by atoms with E-state index in [1.54, 1.807) is 0 Å². The molecule has 0 aromatic rings. The monoisotopic (exact) mass is 318 g/mol. The Hall–Kier alpha value is -1.25. The number of ether oxygens (including phenoxy) is 1. The molecule has 0 aromatic carbocycles. The molecule has 0 amide bonds. The van der Waals surface area contributed by atoms with Crippen LogP contribution in [-0.2, 0) is 4.74 Å². The number of nitrogens with one attached hydrogen (secondary N) is 1. The molecule has 0 heterocycles. The summed E-state index contributed by atoms with van der Waals surface area (Å²) in [5.41, 5.74) is 0. The molecule has 0 atom stereocenters. The lowest BCUT2D eigenvalue weighted by molar-refractivity contribution is 0.300. The molecule has 1 N–H and O–H groups in total. The number of nitrogens with zero attached hydrogens (tertiary/aromatic N) is 1. The number of hydrogen-bond acceptors (Lipinski definition) is 2. The molecular weight excluding hydrogens is 284 g/mol. The normalized spacial score (nSPS) is 22.0. The van der Waals surface area contributed by atoms with Gasteiger partial charge in [0, 0.05) is 6.04 Å². The van der Waals surface area contributed by atoms with Crippen molar-refractivity contribution >= 4 is 6.02 Å². The summed E-state index contributed by atoms with van der Waals surface area (Å²) in [5, 5.41) is 3.59. The number of hydrogen-bond donors (Lipinski definition) is 1. The molecule has 130 valence electrons. The first kappa shape index (κ1) is 18.1. The zero-order valence-corrected chi connectivity index (χ0v) is 14.8. The van der Waals surface area contributed by atoms with Crippen LogP contribution >= 0.6 is 0 Å². The summed E-state index contributed by atoms with van der Waals surface area (Å²) in [6, 6.07) is 1.81. The number of aliphatic imine (C=N–C) groups is 1. The first-order valence-electron chi connectivity index (χ1n) is 9.62. The van der Waals surface area contributed by atoms with Crippen LogP contribution < -0.4 is 5.32 Å². The van der Waals surface area contributed by atoms with Gasteiger partial charge in [-0.05, 0) is 39.0 Å². The van der Waals surface area contributed by atoms with E-state index in [2.05, 4.69) is 29.6 Å². The minimum Gasteiger partial charge on any atom is -0.461 e. The van der Waals surface area contributed by atoms with Gasteiger partial charge in [-0.3, -0.25) is 0 Å². The minimum atomic E-state index is 0.460. The molecule has 2 aliphatic carbocycles. The maximum atomic E-state index is 5.96. The molecule has 2 aliphatic rings. The van der Waals surface area contributed by atoms with Gasteiger partial charge < -0.3 is 10.1 Å². The van der Waals surface area contributed by atoms with Crippen LogP contribution in [0.4, 0.5) is 0 Å². The fourth-order valence-corrected chi connectivity index (χ4v) is 3.42. The third-order valence-corrected chi connectivity index (χ3v) is 4.80. The van der Waals surface area contributed by atoms with Crippen LogP contribution in [0.5, 0.6) is 0 Å². The average Bonchev–Trinajstić information content (AvgIpc) is 2.60. The summed E-state index contributed by atoms with van der Waals surface area (Å²) in [4.78, 5) is 4.90. The van der Waals surface area contributed by atoms with Gasteiger partial charge in [0.05, 0.1) is 6.04 Å². The van der Waals surface area contributed by atoms with Gasteiger partial charge in [0.2, 0.25) is 0 Å². The second-order valence-electron chi connectivity index (χ2n) is 6.79. The Morgan fingerprint density at radius 1 is 0.957 bits per heavy atom. The largest absolute Gasteiger partial charge is 0.461 e. The Bertz CT molecular complexity index is 388. The lowest BCUT2D eigenvalue weighted by Gasteiger charge is -2.25. The molecular formula is C20H34N2O. The molecule has 0 saturated heterocycles. The van der Waals surface area contributed by atoms with Crippen molar-refractivity contribution < 1.29 is 4.74 Å². The van der Waals surface area contributed by atoms with Crippen molar-refractivity contribution in [1.29, 1.82) is 0 Å². The van der Waals surface area contributed by atoms with Crippen LogP contribution in [0.25, 0.3) is 0 Å². The third-order valence-electron chi connectivity index (χ3n) is 4.80. The summed E-state index contributed by atoms with van der Waals surface area (Å²) in [6.45, 7) is 2.66. The number of allylic oxidation sites excluding steroid dienone is 3. The quantitative estimate of drug-likeness (QED) is 0.418. The van der Waals surface area contributed by atoms with E-state index in [9.17, 15) is 0 Å². The van der Waals surface area contributed by atoms with Crippen molar-refractivity contribution in [1.82, 2.24) is 5.32 Å². The molecule has 2 saturated carbocycles. The van der Waals surface area contributed by atoms with E-state index < -0.39 is 0 Å². The van der Waals surface area contributed by atoms with Crippen LogP contribution in [0.1, 0.15) is 77.6 Å². The SMILES string of the molecule is C/C=C/C/C=C/COC(=NC1CCCCC1)NC1CCCCC1. The summed E-state index contributed by atoms with van der Waals surface area (Å²) >= 11 is 0. The molecule has 3 nitrogen and oxygen atoms in total. The molecule has 0 aromatic heterocycles. The zero-order valence-electron chi connectivity index (χ0n) is 14.8. The van der Waals surface area contributed by atoms with Gasteiger partial charge in [-0.1, -0.05) is 62.8 Å². The summed E-state index contributed by atoms with van der Waals surface area (Å²) in [7, 11) is 0. The van der Waals surface area contributed by atoms with E-state index in [4.69, 9.17) is 9.73 Å². The van der Waals surface area contributed by atoms with Gasteiger partial charge in [0.25, 0.3) is 6.02 Å². The topological polar surface area (TPSA) is 33.6 Å². The maximum Gasteiger partial charge on any atom is 0.285 e. The maximum absolute atomic E-state index is 5.96. The smallest absolute Gasteiger partial charge is 0.285 e. The van der Waals surface area contributed by atoms with Crippen molar-refractivity contribution in [2.75, 3.05) is 6.61 Å². The van der Waals surface area contributed by atoms with E-state index in [0.717, 1.165) is 12.4 Å². The van der Waals surface area contributed by atoms with Gasteiger partial charge in [-0.2, -0.15) is 0 Å². The Labute approximate surface area is 142 Å². The predicted octanol–water partition coefficient (Wildman–Crippen LogP) is 5.14. The van der Waals surface area contributed by atoms with Gasteiger partial charge in [0.15, 0.2) is 0 Å². The summed E-state index contributed by atoms with van der Waals surface area (Å²) in [6.07, 6.45) is 22.4. The fraction of sp³-hybridized carbons (Fsp3) is 0.750. The Morgan fingerprint density at radius 2 is 1.65 bits per heavy atom. The second-order valence-corrected chi connectivity index (χ2v) is 6.79. The first-order chi connectivity index (χ1) is 11.4. The van der Waals surface area contributed by atoms with E-state index in [0.29, 0.717) is 18.7 Å². The number of rotatable bonds is 6. The van der Waals surface area contributed by atoms with Crippen LogP contribution in [0.15, 0.2) is 29.3 Å². The van der Waals surface area contributed by atoms with Gasteiger partial charge >= 0.3 is 0 Å². The molecule has 23 heavy (non-hydrogen) atoms. The van der Waals surface area contributed by atoms with Crippen molar-refractivity contribution in [2.45, 2.75) is 89.6 Å². The Balaban J connectivity index is 1.84. The van der Waals surface area contributed by atoms with Gasteiger partial charge in [-0.25, -0.2) is 4.99 Å².